The van der Waals surface area contributed by atoms with Crippen LogP contribution in [0.3, 0.4) is 0 Å². The molecule has 1 heterocycles. The maximum Gasteiger partial charge on any atom is 0.245 e. The van der Waals surface area contributed by atoms with Gasteiger partial charge < -0.3 is 5.32 Å². The molecule has 0 bridgehead atoms. The molecular formula is C16H16ClN3O2. The first-order valence-electron chi connectivity index (χ1n) is 7.55. The minimum atomic E-state index is -0.725. The number of hydrogen-bond acceptors (Lipinski definition) is 3. The van der Waals surface area contributed by atoms with Gasteiger partial charge in [0.05, 0.1) is 5.71 Å². The second-order valence-corrected chi connectivity index (χ2v) is 7.00. The summed E-state index contributed by atoms with van der Waals surface area (Å²) in [6.07, 6.45) is 3.35. The van der Waals surface area contributed by atoms with Crippen molar-refractivity contribution in [3.8, 4) is 0 Å². The number of carbonyl (C=O) groups is 2. The summed E-state index contributed by atoms with van der Waals surface area (Å²) in [7, 11) is 0. The van der Waals surface area contributed by atoms with Crippen LogP contribution in [-0.4, -0.2) is 22.4 Å². The number of carbonyl (C=O) groups excluding carboxylic acids is 2. The Bertz CT molecular complexity index is 679. The van der Waals surface area contributed by atoms with E-state index in [-0.39, 0.29) is 23.7 Å². The number of hydrogen-bond donors (Lipinski definition) is 2. The number of halogens is 1. The minimum absolute atomic E-state index is 0.0190. The number of fused-ring (bicyclic) bond motifs is 1. The molecule has 2 saturated carbocycles. The van der Waals surface area contributed by atoms with Gasteiger partial charge in [0, 0.05) is 17.5 Å². The predicted molar refractivity (Wildman–Crippen MR) is 83.8 cm³/mol. The van der Waals surface area contributed by atoms with Crippen LogP contribution in [0.2, 0.25) is 0 Å². The van der Waals surface area contributed by atoms with Crippen LogP contribution in [0.25, 0.3) is 0 Å². The summed E-state index contributed by atoms with van der Waals surface area (Å²) in [5, 5.41) is 7.03. The molecule has 4 rings (SSSR count). The van der Waals surface area contributed by atoms with Crippen LogP contribution >= 0.6 is 11.6 Å². The first-order valence-corrected chi connectivity index (χ1v) is 7.93. The van der Waals surface area contributed by atoms with Crippen molar-refractivity contribution in [1.82, 2.24) is 5.43 Å². The Kier molecular flexibility index (Phi) is 3.01. The number of amides is 2. The molecule has 2 amide bonds. The fourth-order valence-electron chi connectivity index (χ4n) is 3.03. The third kappa shape index (κ3) is 2.20. The van der Waals surface area contributed by atoms with E-state index in [2.05, 4.69) is 15.8 Å². The average molecular weight is 318 g/mol. The summed E-state index contributed by atoms with van der Waals surface area (Å²) < 4.78 is 0. The van der Waals surface area contributed by atoms with Crippen LogP contribution in [0.4, 0.5) is 5.69 Å². The van der Waals surface area contributed by atoms with E-state index < -0.39 is 4.87 Å². The monoisotopic (exact) mass is 317 g/mol. The molecular weight excluding hydrogens is 302 g/mol. The molecule has 2 fully saturated rings. The highest BCUT2D eigenvalue weighted by Crippen LogP contribution is 2.43. The van der Waals surface area contributed by atoms with Gasteiger partial charge in [-0.1, -0.05) is 12.1 Å². The van der Waals surface area contributed by atoms with Crippen molar-refractivity contribution in [1.29, 1.82) is 0 Å². The fraction of sp³-hybridized carbons (Fsp3) is 0.438. The fourth-order valence-corrected chi connectivity index (χ4v) is 3.34. The van der Waals surface area contributed by atoms with Gasteiger partial charge in [0.2, 0.25) is 11.8 Å². The number of alkyl halides is 1. The molecule has 114 valence electrons. The smallest absolute Gasteiger partial charge is 0.245 e. The zero-order valence-corrected chi connectivity index (χ0v) is 12.7. The van der Waals surface area contributed by atoms with Crippen LogP contribution in [0.5, 0.6) is 0 Å². The summed E-state index contributed by atoms with van der Waals surface area (Å²) in [5.74, 6) is 0.222. The Labute approximate surface area is 133 Å². The van der Waals surface area contributed by atoms with Gasteiger partial charge in [-0.3, -0.25) is 9.59 Å². The van der Waals surface area contributed by atoms with Crippen LogP contribution in [-0.2, 0) is 9.59 Å². The largest absolute Gasteiger partial charge is 0.325 e. The van der Waals surface area contributed by atoms with Gasteiger partial charge in [-0.25, -0.2) is 5.43 Å². The number of benzene rings is 1. The molecule has 5 nitrogen and oxygen atoms in total. The SMILES string of the molecule is O=C1NN=C(c2ccc(NC(=O)C3(Cl)CCC3)cc2)C2CC12. The number of hydrazone groups is 1. The Hall–Kier alpha value is -1.88. The van der Waals surface area contributed by atoms with E-state index in [0.717, 1.165) is 42.6 Å². The molecule has 22 heavy (non-hydrogen) atoms. The van der Waals surface area contributed by atoms with Crippen molar-refractivity contribution in [2.75, 3.05) is 5.32 Å². The molecule has 2 N–H and O–H groups in total. The summed E-state index contributed by atoms with van der Waals surface area (Å²) in [5.41, 5.74) is 5.20. The zero-order chi connectivity index (χ0) is 15.3. The molecule has 0 radical (unpaired) electrons. The summed E-state index contributed by atoms with van der Waals surface area (Å²) in [6.45, 7) is 0. The maximum absolute atomic E-state index is 12.1. The normalized spacial score (nSPS) is 27.9. The molecule has 1 aromatic carbocycles. The second-order valence-electron chi connectivity index (χ2n) is 6.27. The van der Waals surface area contributed by atoms with E-state index in [1.54, 1.807) is 0 Å². The van der Waals surface area contributed by atoms with Gasteiger partial charge in [-0.05, 0) is 43.4 Å². The summed E-state index contributed by atoms with van der Waals surface area (Å²) in [4.78, 5) is 22.8. The molecule has 2 aliphatic carbocycles. The third-order valence-corrected chi connectivity index (χ3v) is 5.31. The molecule has 3 aliphatic rings. The lowest BCUT2D eigenvalue weighted by atomic mass is 9.83. The molecule has 0 saturated heterocycles. The van der Waals surface area contributed by atoms with Crippen molar-refractivity contribution in [3.63, 3.8) is 0 Å². The van der Waals surface area contributed by atoms with Crippen LogP contribution in [0.1, 0.15) is 31.2 Å². The molecule has 1 aliphatic heterocycles. The lowest BCUT2D eigenvalue weighted by Gasteiger charge is -2.33. The molecule has 0 spiro atoms. The lowest BCUT2D eigenvalue weighted by Crippen LogP contribution is -2.43. The van der Waals surface area contributed by atoms with Crippen molar-refractivity contribution in [2.24, 2.45) is 16.9 Å². The van der Waals surface area contributed by atoms with Crippen LogP contribution in [0, 0.1) is 11.8 Å². The topological polar surface area (TPSA) is 70.6 Å². The molecule has 1 aromatic rings. The van der Waals surface area contributed by atoms with E-state index in [1.807, 2.05) is 24.3 Å². The third-order valence-electron chi connectivity index (χ3n) is 4.76. The Morgan fingerprint density at radius 1 is 1.27 bits per heavy atom. The van der Waals surface area contributed by atoms with E-state index in [4.69, 9.17) is 11.6 Å². The highest BCUT2D eigenvalue weighted by molar-refractivity contribution is 6.37. The van der Waals surface area contributed by atoms with Gasteiger partial charge in [-0.2, -0.15) is 5.10 Å². The highest BCUT2D eigenvalue weighted by atomic mass is 35.5. The molecule has 6 heteroatoms. The zero-order valence-electron chi connectivity index (χ0n) is 11.9. The van der Waals surface area contributed by atoms with Crippen LogP contribution in [0.15, 0.2) is 29.4 Å². The lowest BCUT2D eigenvalue weighted by molar-refractivity contribution is -0.122. The first-order chi connectivity index (χ1) is 10.6. The molecule has 0 aromatic heterocycles. The van der Waals surface area contributed by atoms with Crippen molar-refractivity contribution in [2.45, 2.75) is 30.6 Å². The summed E-state index contributed by atoms with van der Waals surface area (Å²) >= 11 is 6.23. The van der Waals surface area contributed by atoms with E-state index in [0.29, 0.717) is 0 Å². The van der Waals surface area contributed by atoms with Crippen molar-refractivity contribution >= 4 is 34.8 Å². The number of rotatable bonds is 3. The quantitative estimate of drug-likeness (QED) is 0.839. The van der Waals surface area contributed by atoms with Gasteiger partial charge in [0.1, 0.15) is 4.87 Å². The van der Waals surface area contributed by atoms with Gasteiger partial charge in [0.25, 0.3) is 0 Å². The van der Waals surface area contributed by atoms with E-state index in [9.17, 15) is 9.59 Å². The van der Waals surface area contributed by atoms with E-state index >= 15 is 0 Å². The van der Waals surface area contributed by atoms with Crippen LogP contribution < -0.4 is 10.7 Å². The second kappa shape index (κ2) is 4.81. The van der Waals surface area contributed by atoms with Gasteiger partial charge in [0.15, 0.2) is 0 Å². The Morgan fingerprint density at radius 2 is 2.00 bits per heavy atom. The predicted octanol–water partition coefficient (Wildman–Crippen LogP) is 2.26. The van der Waals surface area contributed by atoms with Gasteiger partial charge >= 0.3 is 0 Å². The average Bonchev–Trinajstić information content (AvgIpc) is 3.27. The summed E-state index contributed by atoms with van der Waals surface area (Å²) in [6, 6.07) is 7.54. The maximum atomic E-state index is 12.1. The number of nitrogens with one attached hydrogen (secondary N) is 2. The highest BCUT2D eigenvalue weighted by Gasteiger charge is 2.49. The number of anilines is 1. The molecule has 2 unspecified atom stereocenters. The van der Waals surface area contributed by atoms with Crippen molar-refractivity contribution in [3.05, 3.63) is 29.8 Å². The Balaban J connectivity index is 1.47. The first kappa shape index (κ1) is 13.8. The van der Waals surface area contributed by atoms with Gasteiger partial charge in [-0.15, -0.1) is 11.6 Å². The number of nitrogens with zero attached hydrogens (tertiary/aromatic N) is 1. The molecule has 2 atom stereocenters. The standard InChI is InChI=1S/C16H16ClN3O2/c17-16(6-1-7-16)15(22)18-10-4-2-9(3-5-10)13-11-8-12(11)14(21)20-19-13/h2-5,11-12H,1,6-8H2,(H,18,22)(H,20,21). The Morgan fingerprint density at radius 3 is 2.64 bits per heavy atom. The minimum Gasteiger partial charge on any atom is -0.325 e. The van der Waals surface area contributed by atoms with Crippen molar-refractivity contribution < 1.29 is 9.59 Å². The van der Waals surface area contributed by atoms with E-state index in [1.165, 1.54) is 0 Å².